The second-order valence-corrected chi connectivity index (χ2v) is 6.10. The van der Waals surface area contributed by atoms with E-state index >= 15 is 0 Å². The van der Waals surface area contributed by atoms with Gasteiger partial charge in [0.1, 0.15) is 0 Å². The molecule has 1 atom stereocenters. The number of hydrogen-bond donors (Lipinski definition) is 2. The molecule has 19 heavy (non-hydrogen) atoms. The predicted octanol–water partition coefficient (Wildman–Crippen LogP) is 1.53. The Morgan fingerprint density at radius 3 is 2.37 bits per heavy atom. The Morgan fingerprint density at radius 1 is 1.26 bits per heavy atom. The van der Waals surface area contributed by atoms with Gasteiger partial charge in [-0.2, -0.15) is 0 Å². The van der Waals surface area contributed by atoms with Crippen molar-refractivity contribution < 1.29 is 14.0 Å². The highest BCUT2D eigenvalue weighted by Gasteiger charge is 2.52. The molecule has 2 rings (SSSR count). The molecule has 6 heteroatoms. The minimum atomic E-state index is -0.489. The van der Waals surface area contributed by atoms with Crippen molar-refractivity contribution >= 4 is 13.3 Å². The highest BCUT2D eigenvalue weighted by Crippen LogP contribution is 2.38. The minimum Gasteiger partial charge on any atom is -0.399 e. The van der Waals surface area contributed by atoms with Crippen molar-refractivity contribution in [2.75, 3.05) is 13.2 Å². The Balaban J connectivity index is 2.02. The van der Waals surface area contributed by atoms with Crippen molar-refractivity contribution in [3.63, 3.8) is 0 Å². The van der Waals surface area contributed by atoms with Crippen molar-refractivity contribution in [3.8, 4) is 0 Å². The topological polar surface area (TPSA) is 63.6 Å². The van der Waals surface area contributed by atoms with Crippen molar-refractivity contribution in [1.29, 1.82) is 5.41 Å². The van der Waals surface area contributed by atoms with Crippen LogP contribution in [-0.2, 0) is 14.0 Å². The highest BCUT2D eigenvalue weighted by atomic mass is 16.7. The number of ether oxygens (including phenoxy) is 1. The molecule has 0 bridgehead atoms. The van der Waals surface area contributed by atoms with Crippen LogP contribution in [0.15, 0.2) is 11.7 Å². The van der Waals surface area contributed by atoms with E-state index in [0.717, 1.165) is 13.0 Å². The molecule has 2 N–H and O–H groups in total. The van der Waals surface area contributed by atoms with E-state index in [0.29, 0.717) is 18.1 Å². The van der Waals surface area contributed by atoms with E-state index < -0.39 is 7.12 Å². The van der Waals surface area contributed by atoms with Crippen molar-refractivity contribution in [3.05, 3.63) is 11.7 Å². The van der Waals surface area contributed by atoms with Gasteiger partial charge in [-0.3, -0.25) is 0 Å². The first-order valence-electron chi connectivity index (χ1n) is 6.76. The molecular formula is C13H23BN2O3. The lowest BCUT2D eigenvalue weighted by Crippen LogP contribution is -2.41. The van der Waals surface area contributed by atoms with Gasteiger partial charge in [-0.25, -0.2) is 0 Å². The predicted molar refractivity (Wildman–Crippen MR) is 75.3 cm³/mol. The third-order valence-electron chi connectivity index (χ3n) is 4.11. The van der Waals surface area contributed by atoms with Crippen LogP contribution in [0.5, 0.6) is 0 Å². The summed E-state index contributed by atoms with van der Waals surface area (Å²) >= 11 is 0. The number of allylic oxidation sites excluding steroid dienone is 1. The maximum Gasteiger partial charge on any atom is 0.497 e. The normalized spacial score (nSPS) is 29.6. The average molecular weight is 266 g/mol. The second kappa shape index (κ2) is 5.27. The Kier molecular flexibility index (Phi) is 4.04. The van der Waals surface area contributed by atoms with Gasteiger partial charge >= 0.3 is 7.12 Å². The molecule has 2 heterocycles. The molecule has 0 radical (unpaired) electrons. The van der Waals surface area contributed by atoms with Crippen LogP contribution in [0.25, 0.3) is 0 Å². The van der Waals surface area contributed by atoms with Gasteiger partial charge in [-0.15, -0.1) is 0 Å². The quantitative estimate of drug-likeness (QED) is 0.598. The summed E-state index contributed by atoms with van der Waals surface area (Å²) in [5.41, 5.74) is -0.0579. The largest absolute Gasteiger partial charge is 0.497 e. The van der Waals surface area contributed by atoms with E-state index in [-0.39, 0.29) is 11.2 Å². The van der Waals surface area contributed by atoms with Gasteiger partial charge in [0.25, 0.3) is 0 Å². The van der Waals surface area contributed by atoms with E-state index in [9.17, 15) is 0 Å². The van der Waals surface area contributed by atoms with Crippen molar-refractivity contribution in [1.82, 2.24) is 5.32 Å². The third kappa shape index (κ3) is 3.01. The van der Waals surface area contributed by atoms with Crippen LogP contribution in [0, 0.1) is 5.41 Å². The Bertz CT molecular complexity index is 360. The van der Waals surface area contributed by atoms with Gasteiger partial charge in [0.15, 0.2) is 0 Å². The summed E-state index contributed by atoms with van der Waals surface area (Å²) in [4.78, 5) is 0. The fraction of sp³-hybridized carbons (Fsp3) is 0.769. The molecule has 2 saturated heterocycles. The first-order valence-corrected chi connectivity index (χ1v) is 6.76. The number of rotatable bonds is 4. The summed E-state index contributed by atoms with van der Waals surface area (Å²) in [6.07, 6.45) is 4.09. The summed E-state index contributed by atoms with van der Waals surface area (Å²) in [5.74, 6) is 0. The molecule has 2 aliphatic rings. The molecule has 2 aliphatic heterocycles. The molecule has 2 fully saturated rings. The van der Waals surface area contributed by atoms with Gasteiger partial charge in [0.05, 0.1) is 23.9 Å². The Labute approximate surface area is 115 Å². The molecule has 0 amide bonds. The molecule has 5 nitrogen and oxygen atoms in total. The van der Waals surface area contributed by atoms with Crippen LogP contribution in [0.1, 0.15) is 34.1 Å². The molecule has 0 aromatic heterocycles. The van der Waals surface area contributed by atoms with E-state index in [4.69, 9.17) is 19.5 Å². The molecule has 0 aromatic rings. The van der Waals surface area contributed by atoms with E-state index in [1.807, 2.05) is 33.9 Å². The van der Waals surface area contributed by atoms with Crippen LogP contribution >= 0.6 is 0 Å². The number of hydrogen-bond acceptors (Lipinski definition) is 5. The summed E-state index contributed by atoms with van der Waals surface area (Å²) < 4.78 is 17.1. The standard InChI is InChI=1S/C13H23BN2O3/c1-12(2)13(3,4)19-14(18-12)10(7-15)8-16-11-5-6-17-9-11/h7-8,11,15-16H,5-6,9H2,1-4H3/b10-8+,15-7?. The van der Waals surface area contributed by atoms with Crippen molar-refractivity contribution in [2.24, 2.45) is 0 Å². The first kappa shape index (κ1) is 14.6. The molecule has 106 valence electrons. The molecule has 0 spiro atoms. The fourth-order valence-corrected chi connectivity index (χ4v) is 2.04. The first-order chi connectivity index (χ1) is 8.86. The van der Waals surface area contributed by atoms with E-state index in [1.165, 1.54) is 6.21 Å². The molecule has 1 unspecified atom stereocenters. The molecule has 0 aromatic carbocycles. The molecule has 0 aliphatic carbocycles. The van der Waals surface area contributed by atoms with E-state index in [1.54, 1.807) is 0 Å². The summed E-state index contributed by atoms with van der Waals surface area (Å²) in [6, 6.07) is 0.317. The monoisotopic (exact) mass is 266 g/mol. The zero-order valence-corrected chi connectivity index (χ0v) is 12.2. The van der Waals surface area contributed by atoms with Crippen LogP contribution in [-0.4, -0.2) is 43.8 Å². The molecule has 0 saturated carbocycles. The third-order valence-corrected chi connectivity index (χ3v) is 4.11. The lowest BCUT2D eigenvalue weighted by atomic mass is 9.79. The van der Waals surface area contributed by atoms with Crippen LogP contribution < -0.4 is 5.32 Å². The highest BCUT2D eigenvalue weighted by molar-refractivity contribution is 6.60. The average Bonchev–Trinajstić information content (AvgIpc) is 2.87. The fourth-order valence-electron chi connectivity index (χ4n) is 2.04. The summed E-state index contributed by atoms with van der Waals surface area (Å²) in [7, 11) is -0.489. The van der Waals surface area contributed by atoms with E-state index in [2.05, 4.69) is 5.32 Å². The van der Waals surface area contributed by atoms with Gasteiger partial charge in [0.2, 0.25) is 0 Å². The lowest BCUT2D eigenvalue weighted by Gasteiger charge is -2.32. The van der Waals surface area contributed by atoms with Crippen LogP contribution in [0.4, 0.5) is 0 Å². The number of nitrogens with one attached hydrogen (secondary N) is 2. The van der Waals surface area contributed by atoms with Gasteiger partial charge < -0.3 is 24.8 Å². The van der Waals surface area contributed by atoms with Crippen LogP contribution in [0.2, 0.25) is 0 Å². The van der Waals surface area contributed by atoms with Gasteiger partial charge in [-0.1, -0.05) is 0 Å². The van der Waals surface area contributed by atoms with Gasteiger partial charge in [0, 0.05) is 18.3 Å². The zero-order chi connectivity index (χ0) is 14.1. The Morgan fingerprint density at radius 2 is 1.89 bits per heavy atom. The SMILES string of the molecule is CC1(C)OB(/C(C=N)=C/NC2CCOC2)OC1(C)C. The van der Waals surface area contributed by atoms with Crippen molar-refractivity contribution in [2.45, 2.75) is 51.4 Å². The zero-order valence-electron chi connectivity index (χ0n) is 12.2. The second-order valence-electron chi connectivity index (χ2n) is 6.10. The lowest BCUT2D eigenvalue weighted by molar-refractivity contribution is 0.00578. The summed E-state index contributed by atoms with van der Waals surface area (Å²) in [5, 5.41) is 10.8. The maximum absolute atomic E-state index is 7.53. The minimum absolute atomic E-state index is 0.317. The smallest absolute Gasteiger partial charge is 0.399 e. The Hall–Kier alpha value is -0.845. The van der Waals surface area contributed by atoms with Gasteiger partial charge in [-0.05, 0) is 40.3 Å². The summed E-state index contributed by atoms with van der Waals surface area (Å²) in [6.45, 7) is 9.53. The maximum atomic E-state index is 7.53. The van der Waals surface area contributed by atoms with Crippen LogP contribution in [0.3, 0.4) is 0 Å². The molecular weight excluding hydrogens is 243 g/mol.